The lowest BCUT2D eigenvalue weighted by atomic mass is 10.1. The minimum atomic E-state index is -0.263. The molecule has 2 aliphatic rings. The SMILES string of the molecule is Cc1nn(C)cc1NC(=S)NNC(=O)c1cc(C2CC2)nc2c1c(C1CC1)nn2-c1ccccc1. The van der Waals surface area contributed by atoms with Gasteiger partial charge >= 0.3 is 0 Å². The van der Waals surface area contributed by atoms with Gasteiger partial charge in [0.15, 0.2) is 10.8 Å². The van der Waals surface area contributed by atoms with Gasteiger partial charge in [-0.25, -0.2) is 9.67 Å². The van der Waals surface area contributed by atoms with Crippen molar-refractivity contribution in [3.8, 4) is 5.69 Å². The van der Waals surface area contributed by atoms with Crippen LogP contribution >= 0.6 is 12.2 Å². The number of nitrogens with zero attached hydrogens (tertiary/aromatic N) is 5. The molecular weight excluding hydrogens is 460 g/mol. The fourth-order valence-corrected chi connectivity index (χ4v) is 4.54. The number of hydrogen-bond donors (Lipinski definition) is 3. The summed E-state index contributed by atoms with van der Waals surface area (Å²) in [6.45, 7) is 1.89. The molecule has 3 aromatic heterocycles. The van der Waals surface area contributed by atoms with E-state index in [-0.39, 0.29) is 11.0 Å². The van der Waals surface area contributed by atoms with E-state index in [1.165, 1.54) is 0 Å². The fourth-order valence-electron chi connectivity index (χ4n) is 4.38. The number of thiocarbonyl (C=S) groups is 1. The van der Waals surface area contributed by atoms with Crippen LogP contribution in [0.4, 0.5) is 5.69 Å². The molecular formula is C25H26N8OS. The van der Waals surface area contributed by atoms with Gasteiger partial charge in [-0.1, -0.05) is 18.2 Å². The van der Waals surface area contributed by atoms with Crippen molar-refractivity contribution < 1.29 is 4.79 Å². The van der Waals surface area contributed by atoms with Crippen LogP contribution in [0.3, 0.4) is 0 Å². The summed E-state index contributed by atoms with van der Waals surface area (Å²) >= 11 is 5.39. The predicted molar refractivity (Wildman–Crippen MR) is 138 cm³/mol. The maximum atomic E-state index is 13.5. The van der Waals surface area contributed by atoms with Gasteiger partial charge in [0.2, 0.25) is 0 Å². The van der Waals surface area contributed by atoms with Crippen LogP contribution in [-0.4, -0.2) is 35.6 Å². The first-order valence-corrected chi connectivity index (χ1v) is 12.3. The number of benzene rings is 1. The standard InChI is InChI=1S/C25H26N8OS/c1-14-20(13-32(2)30-14)27-25(35)29-28-24(34)18-12-19(15-8-9-15)26-23-21(18)22(16-10-11-16)31-33(23)17-6-4-3-5-7-17/h3-7,12-13,15-16H,8-11H2,1-2H3,(H,28,34)(H2,27,29,35). The number of carbonyl (C=O) groups is 1. The highest BCUT2D eigenvalue weighted by Gasteiger charge is 2.34. The molecule has 1 aromatic carbocycles. The molecule has 178 valence electrons. The van der Waals surface area contributed by atoms with Gasteiger partial charge in [-0.3, -0.25) is 20.3 Å². The lowest BCUT2D eigenvalue weighted by Crippen LogP contribution is -2.43. The van der Waals surface area contributed by atoms with E-state index in [0.29, 0.717) is 17.4 Å². The first-order valence-electron chi connectivity index (χ1n) is 11.8. The summed E-state index contributed by atoms with van der Waals surface area (Å²) in [6.07, 6.45) is 6.15. The highest BCUT2D eigenvalue weighted by Crippen LogP contribution is 2.45. The largest absolute Gasteiger partial charge is 0.329 e. The van der Waals surface area contributed by atoms with Gasteiger partial charge in [0.1, 0.15) is 0 Å². The Morgan fingerprint density at radius 1 is 1.06 bits per heavy atom. The van der Waals surface area contributed by atoms with E-state index in [1.807, 2.05) is 61.2 Å². The van der Waals surface area contributed by atoms with Crippen molar-refractivity contribution in [3.63, 3.8) is 0 Å². The Balaban J connectivity index is 1.34. The van der Waals surface area contributed by atoms with Crippen LogP contribution in [0.1, 0.15) is 65.0 Å². The van der Waals surface area contributed by atoms with Crippen LogP contribution in [0.2, 0.25) is 0 Å². The van der Waals surface area contributed by atoms with Crippen molar-refractivity contribution in [2.45, 2.75) is 44.4 Å². The highest BCUT2D eigenvalue weighted by atomic mass is 32.1. The van der Waals surface area contributed by atoms with E-state index in [4.69, 9.17) is 22.3 Å². The summed E-state index contributed by atoms with van der Waals surface area (Å²) in [4.78, 5) is 18.5. The van der Waals surface area contributed by atoms with Crippen molar-refractivity contribution in [2.75, 3.05) is 5.32 Å². The molecule has 2 fully saturated rings. The first-order chi connectivity index (χ1) is 17.0. The monoisotopic (exact) mass is 486 g/mol. The zero-order valence-electron chi connectivity index (χ0n) is 19.6. The van der Waals surface area contributed by atoms with Gasteiger partial charge in [-0.05, 0) is 63.0 Å². The van der Waals surface area contributed by atoms with Crippen LogP contribution in [-0.2, 0) is 7.05 Å². The number of hydrazine groups is 1. The van der Waals surface area contributed by atoms with Crippen molar-refractivity contribution in [3.05, 3.63) is 65.2 Å². The van der Waals surface area contributed by atoms with Crippen LogP contribution in [0.25, 0.3) is 16.7 Å². The number of hydrogen-bond acceptors (Lipinski definition) is 5. The van der Waals surface area contributed by atoms with E-state index in [2.05, 4.69) is 21.3 Å². The molecule has 0 atom stereocenters. The zero-order valence-corrected chi connectivity index (χ0v) is 20.4. The Bertz CT molecular complexity index is 1450. The number of amides is 1. The topological polar surface area (TPSA) is 102 Å². The second-order valence-electron chi connectivity index (χ2n) is 9.31. The number of fused-ring (bicyclic) bond motifs is 1. The summed E-state index contributed by atoms with van der Waals surface area (Å²) in [5.74, 6) is 0.478. The Labute approximate surface area is 207 Å². The van der Waals surface area contributed by atoms with Crippen molar-refractivity contribution in [1.29, 1.82) is 0 Å². The molecule has 2 saturated carbocycles. The van der Waals surface area contributed by atoms with Crippen molar-refractivity contribution in [2.24, 2.45) is 7.05 Å². The summed E-state index contributed by atoms with van der Waals surface area (Å²) in [5, 5.41) is 13.4. The second kappa shape index (κ2) is 8.46. The van der Waals surface area contributed by atoms with Crippen LogP contribution < -0.4 is 16.2 Å². The molecule has 0 aliphatic heterocycles. The lowest BCUT2D eigenvalue weighted by molar-refractivity contribution is 0.0945. The number of anilines is 1. The number of aryl methyl sites for hydroxylation is 2. The molecule has 10 heteroatoms. The van der Waals surface area contributed by atoms with Gasteiger partial charge in [0.25, 0.3) is 5.91 Å². The summed E-state index contributed by atoms with van der Waals surface area (Å²) in [5.41, 5.74) is 11.3. The van der Waals surface area contributed by atoms with Crippen LogP contribution in [0.5, 0.6) is 0 Å². The molecule has 35 heavy (non-hydrogen) atoms. The Hall–Kier alpha value is -3.79. The molecule has 9 nitrogen and oxygen atoms in total. The molecule has 3 heterocycles. The van der Waals surface area contributed by atoms with E-state index in [1.54, 1.807) is 4.68 Å². The number of aromatic nitrogens is 5. The summed E-state index contributed by atoms with van der Waals surface area (Å²) in [6, 6.07) is 11.9. The number of para-hydroxylation sites is 1. The predicted octanol–water partition coefficient (Wildman–Crippen LogP) is 3.85. The number of nitrogens with one attached hydrogen (secondary N) is 3. The van der Waals surface area contributed by atoms with Crippen molar-refractivity contribution >= 4 is 40.0 Å². The third kappa shape index (κ3) is 4.25. The maximum Gasteiger partial charge on any atom is 0.270 e. The zero-order chi connectivity index (χ0) is 24.1. The average Bonchev–Trinajstić information content (AvgIpc) is 3.79. The molecule has 0 spiro atoms. The maximum absolute atomic E-state index is 13.5. The Kier molecular flexibility index (Phi) is 5.25. The second-order valence-corrected chi connectivity index (χ2v) is 9.72. The average molecular weight is 487 g/mol. The normalized spacial score (nSPS) is 15.3. The van der Waals surface area contributed by atoms with E-state index >= 15 is 0 Å². The minimum absolute atomic E-state index is 0.263. The van der Waals surface area contributed by atoms with Gasteiger partial charge in [-0.15, -0.1) is 0 Å². The molecule has 2 aliphatic carbocycles. The molecule has 0 saturated heterocycles. The van der Waals surface area contributed by atoms with E-state index in [9.17, 15) is 4.79 Å². The first kappa shape index (κ1) is 21.7. The summed E-state index contributed by atoms with van der Waals surface area (Å²) < 4.78 is 3.59. The lowest BCUT2D eigenvalue weighted by Gasteiger charge is -2.13. The molecule has 0 radical (unpaired) electrons. The Morgan fingerprint density at radius 2 is 1.80 bits per heavy atom. The third-order valence-corrected chi connectivity index (χ3v) is 6.65. The third-order valence-electron chi connectivity index (χ3n) is 6.44. The molecule has 3 N–H and O–H groups in total. The van der Waals surface area contributed by atoms with Crippen molar-refractivity contribution in [1.82, 2.24) is 35.4 Å². The van der Waals surface area contributed by atoms with Crippen LogP contribution in [0.15, 0.2) is 42.6 Å². The molecule has 4 aromatic rings. The van der Waals surface area contributed by atoms with Gasteiger partial charge in [0.05, 0.1) is 33.7 Å². The molecule has 6 rings (SSSR count). The van der Waals surface area contributed by atoms with Gasteiger partial charge in [0, 0.05) is 30.8 Å². The van der Waals surface area contributed by atoms with Gasteiger partial charge in [-0.2, -0.15) is 10.2 Å². The summed E-state index contributed by atoms with van der Waals surface area (Å²) in [7, 11) is 1.84. The molecule has 0 bridgehead atoms. The van der Waals surface area contributed by atoms with Crippen LogP contribution in [0, 0.1) is 6.92 Å². The smallest absolute Gasteiger partial charge is 0.270 e. The number of rotatable bonds is 5. The highest BCUT2D eigenvalue weighted by molar-refractivity contribution is 7.80. The van der Waals surface area contributed by atoms with E-state index in [0.717, 1.165) is 65.2 Å². The van der Waals surface area contributed by atoms with Gasteiger partial charge < -0.3 is 5.32 Å². The fraction of sp³-hybridized carbons (Fsp3) is 0.320. The number of pyridine rings is 1. The molecule has 1 amide bonds. The Morgan fingerprint density at radius 3 is 2.46 bits per heavy atom. The van der Waals surface area contributed by atoms with E-state index < -0.39 is 0 Å². The quantitative estimate of drug-likeness (QED) is 0.291. The number of carbonyl (C=O) groups excluding carboxylic acids is 1. The minimum Gasteiger partial charge on any atom is -0.329 e. The molecule has 0 unspecified atom stereocenters.